The topological polar surface area (TPSA) is 50.2 Å². The lowest BCUT2D eigenvalue weighted by Crippen LogP contribution is -1.95. The molecule has 3 nitrogen and oxygen atoms in total. The molecule has 1 aliphatic rings. The van der Waals surface area contributed by atoms with Gasteiger partial charge in [-0.15, -0.1) is 0 Å². The second kappa shape index (κ2) is 4.81. The van der Waals surface area contributed by atoms with E-state index in [1.165, 1.54) is 6.07 Å². The van der Waals surface area contributed by atoms with Crippen LogP contribution in [0.1, 0.15) is 21.5 Å². The van der Waals surface area contributed by atoms with E-state index in [0.717, 1.165) is 27.6 Å². The quantitative estimate of drug-likeness (QED) is 0.693. The molecule has 22 heavy (non-hydrogen) atoms. The Morgan fingerprint density at radius 3 is 2.86 bits per heavy atom. The first-order chi connectivity index (χ1) is 10.7. The van der Waals surface area contributed by atoms with Crippen molar-refractivity contribution < 1.29 is 9.90 Å². The van der Waals surface area contributed by atoms with Crippen LogP contribution >= 0.6 is 0 Å². The molecule has 1 heterocycles. The summed E-state index contributed by atoms with van der Waals surface area (Å²) >= 11 is 0. The molecule has 0 fully saturated rings. The first-order valence-corrected chi connectivity index (χ1v) is 7.13. The number of aromatic hydroxyl groups is 1. The van der Waals surface area contributed by atoms with Crippen molar-refractivity contribution in [2.45, 2.75) is 6.42 Å². The summed E-state index contributed by atoms with van der Waals surface area (Å²) < 4.78 is 0. The zero-order valence-corrected chi connectivity index (χ0v) is 11.8. The third-order valence-electron chi connectivity index (χ3n) is 3.96. The summed E-state index contributed by atoms with van der Waals surface area (Å²) in [7, 11) is 0. The van der Waals surface area contributed by atoms with E-state index in [4.69, 9.17) is 0 Å². The van der Waals surface area contributed by atoms with E-state index in [2.05, 4.69) is 4.98 Å². The van der Waals surface area contributed by atoms with Crippen molar-refractivity contribution in [2.24, 2.45) is 0 Å². The number of phenolic OH excluding ortho intramolecular Hbond substituents is 1. The van der Waals surface area contributed by atoms with Gasteiger partial charge in [0.15, 0.2) is 5.78 Å². The molecule has 0 unspecified atom stereocenters. The summed E-state index contributed by atoms with van der Waals surface area (Å²) in [5.74, 6) is 0.111. The van der Waals surface area contributed by atoms with Crippen LogP contribution in [-0.2, 0) is 6.42 Å². The van der Waals surface area contributed by atoms with Gasteiger partial charge in [-0.05, 0) is 41.5 Å². The van der Waals surface area contributed by atoms with Crippen LogP contribution in [0.3, 0.4) is 0 Å². The smallest absolute Gasteiger partial charge is 0.189 e. The van der Waals surface area contributed by atoms with E-state index in [9.17, 15) is 9.90 Å². The van der Waals surface area contributed by atoms with Gasteiger partial charge in [-0.2, -0.15) is 0 Å². The molecule has 2 aromatic carbocycles. The van der Waals surface area contributed by atoms with Crippen molar-refractivity contribution >= 4 is 22.8 Å². The molecule has 0 aliphatic heterocycles. The average Bonchev–Trinajstić information content (AvgIpc) is 2.83. The number of carbonyl (C=O) groups is 1. The lowest BCUT2D eigenvalue weighted by molar-refractivity contribution is 0.104. The van der Waals surface area contributed by atoms with E-state index in [1.54, 1.807) is 12.3 Å². The molecule has 0 amide bonds. The predicted octanol–water partition coefficient (Wildman–Crippen LogP) is 3.76. The number of carbonyl (C=O) groups excluding carboxylic acids is 1. The molecule has 106 valence electrons. The zero-order chi connectivity index (χ0) is 15.1. The third kappa shape index (κ3) is 2.07. The Hall–Kier alpha value is -2.94. The molecule has 0 radical (unpaired) electrons. The molecule has 3 heteroatoms. The minimum Gasteiger partial charge on any atom is -0.508 e. The lowest BCUT2D eigenvalue weighted by atomic mass is 10.1. The summed E-state index contributed by atoms with van der Waals surface area (Å²) in [6.07, 6.45) is 4.27. The van der Waals surface area contributed by atoms with Crippen molar-refractivity contribution in [1.29, 1.82) is 0 Å². The van der Waals surface area contributed by atoms with E-state index < -0.39 is 0 Å². The minimum absolute atomic E-state index is 0.0148. The largest absolute Gasteiger partial charge is 0.508 e. The number of rotatable bonds is 1. The highest BCUT2D eigenvalue weighted by atomic mass is 16.3. The van der Waals surface area contributed by atoms with Gasteiger partial charge in [-0.25, -0.2) is 0 Å². The Labute approximate surface area is 127 Å². The maximum Gasteiger partial charge on any atom is 0.189 e. The molecule has 0 saturated carbocycles. The highest BCUT2D eigenvalue weighted by molar-refractivity contribution is 6.15. The molecular weight excluding hydrogens is 274 g/mol. The van der Waals surface area contributed by atoms with Gasteiger partial charge in [0.25, 0.3) is 0 Å². The number of para-hydroxylation sites is 1. The molecular formula is C19H13NO2. The lowest BCUT2D eigenvalue weighted by Gasteiger charge is -2.00. The van der Waals surface area contributed by atoms with Gasteiger partial charge >= 0.3 is 0 Å². The number of Topliss-reactive ketones (excluding diaryl/α,β-unsaturated/α-hetero) is 1. The first-order valence-electron chi connectivity index (χ1n) is 7.13. The van der Waals surface area contributed by atoms with E-state index in [-0.39, 0.29) is 11.5 Å². The standard InChI is InChI=1S/C19H13NO2/c21-16-6-5-13-9-15(19(22)17(13)10-16)8-12-7-14-3-1-2-4-18(14)20-11-12/h1-8,10-11,21H,9H2. The van der Waals surface area contributed by atoms with Crippen molar-refractivity contribution in [1.82, 2.24) is 4.98 Å². The highest BCUT2D eigenvalue weighted by Gasteiger charge is 2.24. The van der Waals surface area contributed by atoms with E-state index in [1.807, 2.05) is 42.5 Å². The van der Waals surface area contributed by atoms with Crippen molar-refractivity contribution in [3.05, 3.63) is 77.0 Å². The van der Waals surface area contributed by atoms with Crippen LogP contribution in [0.15, 0.2) is 60.3 Å². The Morgan fingerprint density at radius 2 is 1.95 bits per heavy atom. The summed E-state index contributed by atoms with van der Waals surface area (Å²) in [6.45, 7) is 0. The van der Waals surface area contributed by atoms with Gasteiger partial charge in [0.2, 0.25) is 0 Å². The first kappa shape index (κ1) is 12.8. The van der Waals surface area contributed by atoms with Crippen molar-refractivity contribution in [2.75, 3.05) is 0 Å². The second-order valence-electron chi connectivity index (χ2n) is 5.48. The van der Waals surface area contributed by atoms with Gasteiger partial charge in [-0.3, -0.25) is 9.78 Å². The molecule has 0 saturated heterocycles. The number of ketones is 1. The number of nitrogens with zero attached hydrogens (tertiary/aromatic N) is 1. The zero-order valence-electron chi connectivity index (χ0n) is 11.8. The fourth-order valence-corrected chi connectivity index (χ4v) is 2.87. The molecule has 3 aromatic rings. The fraction of sp³-hybridized carbons (Fsp3) is 0.0526. The van der Waals surface area contributed by atoms with Gasteiger partial charge in [0.1, 0.15) is 5.75 Å². The molecule has 0 spiro atoms. The van der Waals surface area contributed by atoms with Gasteiger partial charge in [-0.1, -0.05) is 24.3 Å². The molecule has 1 aliphatic carbocycles. The number of pyridine rings is 1. The fourth-order valence-electron chi connectivity index (χ4n) is 2.87. The Balaban J connectivity index is 1.75. The van der Waals surface area contributed by atoms with Crippen LogP contribution in [0.25, 0.3) is 17.0 Å². The van der Waals surface area contributed by atoms with Crippen LogP contribution in [0.2, 0.25) is 0 Å². The Kier molecular flexibility index (Phi) is 2.79. The van der Waals surface area contributed by atoms with Crippen molar-refractivity contribution in [3.63, 3.8) is 0 Å². The molecule has 0 atom stereocenters. The average molecular weight is 287 g/mol. The monoisotopic (exact) mass is 287 g/mol. The Morgan fingerprint density at radius 1 is 1.09 bits per heavy atom. The van der Waals surface area contributed by atoms with Crippen LogP contribution in [0.4, 0.5) is 0 Å². The summed E-state index contributed by atoms with van der Waals surface area (Å²) in [5, 5.41) is 10.6. The second-order valence-corrected chi connectivity index (χ2v) is 5.48. The maximum atomic E-state index is 12.4. The number of hydrogen-bond acceptors (Lipinski definition) is 3. The van der Waals surface area contributed by atoms with E-state index >= 15 is 0 Å². The van der Waals surface area contributed by atoms with Gasteiger partial charge < -0.3 is 5.11 Å². The van der Waals surface area contributed by atoms with E-state index in [0.29, 0.717) is 12.0 Å². The Bertz CT molecular complexity index is 941. The molecule has 1 N–H and O–H groups in total. The summed E-state index contributed by atoms with van der Waals surface area (Å²) in [4.78, 5) is 16.8. The minimum atomic E-state index is -0.0148. The third-order valence-corrected chi connectivity index (χ3v) is 3.96. The van der Waals surface area contributed by atoms with Gasteiger partial charge in [0, 0.05) is 29.1 Å². The number of fused-ring (bicyclic) bond motifs is 2. The predicted molar refractivity (Wildman–Crippen MR) is 85.9 cm³/mol. The summed E-state index contributed by atoms with van der Waals surface area (Å²) in [5.41, 5.74) is 4.15. The normalized spacial score (nSPS) is 15.5. The molecule has 1 aromatic heterocycles. The van der Waals surface area contributed by atoms with Crippen LogP contribution in [0, 0.1) is 0 Å². The van der Waals surface area contributed by atoms with Crippen LogP contribution < -0.4 is 0 Å². The summed E-state index contributed by atoms with van der Waals surface area (Å²) in [6, 6.07) is 14.9. The number of phenols is 1. The number of aromatic nitrogens is 1. The van der Waals surface area contributed by atoms with Crippen LogP contribution in [-0.4, -0.2) is 15.9 Å². The SMILES string of the molecule is O=C1C(=Cc2cnc3ccccc3c2)Cc2ccc(O)cc21. The number of benzene rings is 2. The van der Waals surface area contributed by atoms with Crippen LogP contribution in [0.5, 0.6) is 5.75 Å². The molecule has 4 rings (SSSR count). The maximum absolute atomic E-state index is 12.4. The number of allylic oxidation sites excluding steroid dienone is 1. The van der Waals surface area contributed by atoms with Crippen molar-refractivity contribution in [3.8, 4) is 5.75 Å². The van der Waals surface area contributed by atoms with Gasteiger partial charge in [0.05, 0.1) is 5.52 Å². The number of hydrogen-bond donors (Lipinski definition) is 1. The highest BCUT2D eigenvalue weighted by Crippen LogP contribution is 2.30. The molecule has 0 bridgehead atoms.